The lowest BCUT2D eigenvalue weighted by molar-refractivity contribution is -0.150. The van der Waals surface area contributed by atoms with E-state index in [-0.39, 0.29) is 29.4 Å². The topological polar surface area (TPSA) is 142 Å². The first-order valence-corrected chi connectivity index (χ1v) is 10.9. The number of thiophene rings is 1. The van der Waals surface area contributed by atoms with Crippen LogP contribution in [-0.4, -0.2) is 54.5 Å². The number of hydrogen-bond donors (Lipinski definition) is 3. The number of aliphatic carboxylic acids is 1. The van der Waals surface area contributed by atoms with Gasteiger partial charge in [0.15, 0.2) is 0 Å². The molecule has 0 radical (unpaired) electrons. The summed E-state index contributed by atoms with van der Waals surface area (Å²) in [6, 6.07) is 2.72. The number of aromatic nitrogens is 2. The standard InChI is InChI=1S/C18H15FN4O6S2/c19-10-5-20-18(29)22(14(10)25)6-8-7-31-16-12(15(26)23(16)13(8)17(27)28)21-11(24)4-9-2-1-3-30-9/h1-3,5,12,16H,4,6-7H2,(H,20,29)(H,21,24)(H,27,28)/t12-,16-/m1/s1. The molecule has 2 atom stereocenters. The summed E-state index contributed by atoms with van der Waals surface area (Å²) in [5, 5.41) is 13.5. The van der Waals surface area contributed by atoms with Gasteiger partial charge in [0.2, 0.25) is 11.7 Å². The predicted molar refractivity (Wildman–Crippen MR) is 109 cm³/mol. The van der Waals surface area contributed by atoms with Gasteiger partial charge in [-0.3, -0.25) is 23.9 Å². The number of aromatic amines is 1. The third-order valence-corrected chi connectivity index (χ3v) is 7.06. The number of H-pyrrole nitrogens is 1. The van der Waals surface area contributed by atoms with E-state index in [0.717, 1.165) is 9.78 Å². The molecule has 13 heteroatoms. The molecular formula is C18H15FN4O6S2. The molecule has 0 aromatic carbocycles. The Bertz CT molecular complexity index is 1220. The molecule has 2 aliphatic rings. The van der Waals surface area contributed by atoms with E-state index in [1.807, 2.05) is 5.38 Å². The van der Waals surface area contributed by atoms with Crippen molar-refractivity contribution in [1.82, 2.24) is 19.8 Å². The normalized spacial score (nSPS) is 20.3. The summed E-state index contributed by atoms with van der Waals surface area (Å²) in [7, 11) is 0. The molecule has 2 amide bonds. The molecule has 1 saturated heterocycles. The molecule has 4 heterocycles. The van der Waals surface area contributed by atoms with Crippen LogP contribution in [-0.2, 0) is 27.3 Å². The molecular weight excluding hydrogens is 451 g/mol. The number of thioether (sulfide) groups is 1. The van der Waals surface area contributed by atoms with Gasteiger partial charge in [-0.2, -0.15) is 4.39 Å². The maximum absolute atomic E-state index is 13.5. The van der Waals surface area contributed by atoms with Crippen molar-refractivity contribution in [3.63, 3.8) is 0 Å². The first-order valence-electron chi connectivity index (χ1n) is 8.97. The van der Waals surface area contributed by atoms with Gasteiger partial charge in [-0.05, 0) is 17.0 Å². The third-order valence-electron chi connectivity index (χ3n) is 4.85. The van der Waals surface area contributed by atoms with Gasteiger partial charge in [0.1, 0.15) is 17.1 Å². The molecule has 2 aromatic rings. The van der Waals surface area contributed by atoms with Gasteiger partial charge in [-0.1, -0.05) is 6.07 Å². The zero-order valence-corrected chi connectivity index (χ0v) is 17.3. The van der Waals surface area contributed by atoms with Gasteiger partial charge < -0.3 is 15.4 Å². The maximum Gasteiger partial charge on any atom is 0.352 e. The summed E-state index contributed by atoms with van der Waals surface area (Å²) < 4.78 is 14.1. The predicted octanol–water partition coefficient (Wildman–Crippen LogP) is -0.281. The highest BCUT2D eigenvalue weighted by molar-refractivity contribution is 8.00. The van der Waals surface area contributed by atoms with Crippen molar-refractivity contribution < 1.29 is 23.9 Å². The van der Waals surface area contributed by atoms with Gasteiger partial charge in [0, 0.05) is 16.8 Å². The highest BCUT2D eigenvalue weighted by Crippen LogP contribution is 2.40. The number of rotatable bonds is 6. The Morgan fingerprint density at radius 2 is 2.10 bits per heavy atom. The van der Waals surface area contributed by atoms with Gasteiger partial charge in [-0.15, -0.1) is 23.1 Å². The summed E-state index contributed by atoms with van der Waals surface area (Å²) in [6.45, 7) is -0.480. The van der Waals surface area contributed by atoms with Crippen molar-refractivity contribution in [2.45, 2.75) is 24.4 Å². The lowest BCUT2D eigenvalue weighted by Gasteiger charge is -2.49. The van der Waals surface area contributed by atoms with Crippen molar-refractivity contribution in [3.05, 3.63) is 66.5 Å². The van der Waals surface area contributed by atoms with Gasteiger partial charge in [0.25, 0.3) is 11.5 Å². The van der Waals surface area contributed by atoms with E-state index in [1.165, 1.54) is 23.1 Å². The summed E-state index contributed by atoms with van der Waals surface area (Å²) in [5.41, 5.74) is -2.34. The third kappa shape index (κ3) is 3.81. The number of fused-ring (bicyclic) bond motifs is 1. The maximum atomic E-state index is 13.5. The molecule has 3 N–H and O–H groups in total. The number of halogens is 1. The highest BCUT2D eigenvalue weighted by atomic mass is 32.2. The molecule has 31 heavy (non-hydrogen) atoms. The number of nitrogens with one attached hydrogen (secondary N) is 2. The van der Waals surface area contributed by atoms with E-state index >= 15 is 0 Å². The fourth-order valence-electron chi connectivity index (χ4n) is 3.42. The minimum atomic E-state index is -1.42. The van der Waals surface area contributed by atoms with E-state index < -0.39 is 46.9 Å². The average molecular weight is 466 g/mol. The Hall–Kier alpha value is -3.19. The van der Waals surface area contributed by atoms with Crippen molar-refractivity contribution in [3.8, 4) is 0 Å². The van der Waals surface area contributed by atoms with Gasteiger partial charge >= 0.3 is 11.7 Å². The molecule has 0 bridgehead atoms. The average Bonchev–Trinajstić information content (AvgIpc) is 3.24. The summed E-state index contributed by atoms with van der Waals surface area (Å²) in [5.74, 6) is -3.49. The van der Waals surface area contributed by atoms with Crippen LogP contribution in [0.2, 0.25) is 0 Å². The van der Waals surface area contributed by atoms with Crippen LogP contribution in [0, 0.1) is 5.82 Å². The Balaban J connectivity index is 1.56. The van der Waals surface area contributed by atoms with E-state index in [2.05, 4.69) is 10.3 Å². The van der Waals surface area contributed by atoms with Crippen LogP contribution in [0.15, 0.2) is 44.6 Å². The van der Waals surface area contributed by atoms with Gasteiger partial charge in [-0.25, -0.2) is 9.59 Å². The largest absolute Gasteiger partial charge is 0.477 e. The second-order valence-corrected chi connectivity index (χ2v) is 8.94. The van der Waals surface area contributed by atoms with Crippen molar-refractivity contribution >= 4 is 40.9 Å². The number of carboxylic acids is 1. The Morgan fingerprint density at radius 3 is 2.77 bits per heavy atom. The molecule has 0 aliphatic carbocycles. The molecule has 162 valence electrons. The van der Waals surface area contributed by atoms with Crippen LogP contribution >= 0.6 is 23.1 Å². The molecule has 2 aliphatic heterocycles. The van der Waals surface area contributed by atoms with Gasteiger partial charge in [0.05, 0.1) is 13.0 Å². The van der Waals surface area contributed by atoms with Crippen LogP contribution in [0.25, 0.3) is 0 Å². The van der Waals surface area contributed by atoms with Crippen LogP contribution < -0.4 is 16.6 Å². The number of amides is 2. The van der Waals surface area contributed by atoms with Crippen molar-refractivity contribution in [2.24, 2.45) is 0 Å². The molecule has 10 nitrogen and oxygen atoms in total. The van der Waals surface area contributed by atoms with Crippen LogP contribution in [0.1, 0.15) is 4.88 Å². The van der Waals surface area contributed by atoms with E-state index in [9.17, 15) is 33.5 Å². The minimum absolute atomic E-state index is 0.0791. The van der Waals surface area contributed by atoms with Crippen molar-refractivity contribution in [2.75, 3.05) is 5.75 Å². The first kappa shape index (κ1) is 21.1. The highest BCUT2D eigenvalue weighted by Gasteiger charge is 2.54. The summed E-state index contributed by atoms with van der Waals surface area (Å²) >= 11 is 2.60. The number of hydrogen-bond acceptors (Lipinski definition) is 7. The van der Waals surface area contributed by atoms with E-state index in [1.54, 1.807) is 12.1 Å². The Morgan fingerprint density at radius 1 is 1.32 bits per heavy atom. The quantitative estimate of drug-likeness (QED) is 0.497. The van der Waals surface area contributed by atoms with E-state index in [0.29, 0.717) is 10.8 Å². The van der Waals surface area contributed by atoms with Crippen LogP contribution in [0.4, 0.5) is 4.39 Å². The second kappa shape index (κ2) is 8.15. The number of carboxylic acid groups (broad SMARTS) is 1. The molecule has 0 spiro atoms. The second-order valence-electron chi connectivity index (χ2n) is 6.80. The molecule has 4 rings (SSSR count). The summed E-state index contributed by atoms with van der Waals surface area (Å²) in [6.07, 6.45) is 0.735. The number of nitrogens with zero attached hydrogens (tertiary/aromatic N) is 2. The van der Waals surface area contributed by atoms with Crippen molar-refractivity contribution in [1.29, 1.82) is 0 Å². The number of β-lactam (4-membered cyclic amide) rings is 1. The fourth-order valence-corrected chi connectivity index (χ4v) is 5.46. The minimum Gasteiger partial charge on any atom is -0.477 e. The molecule has 1 fully saturated rings. The molecule has 2 aromatic heterocycles. The summed E-state index contributed by atoms with van der Waals surface area (Å²) in [4.78, 5) is 64.5. The number of carbonyl (C=O) groups excluding carboxylic acids is 2. The molecule has 0 saturated carbocycles. The van der Waals surface area contributed by atoms with Crippen LogP contribution in [0.5, 0.6) is 0 Å². The lowest BCUT2D eigenvalue weighted by Crippen LogP contribution is -2.70. The Kier molecular flexibility index (Phi) is 5.54. The zero-order valence-electron chi connectivity index (χ0n) is 15.7. The smallest absolute Gasteiger partial charge is 0.352 e. The zero-order chi connectivity index (χ0) is 22.3. The Labute approximate surface area is 181 Å². The number of carbonyl (C=O) groups is 3. The lowest BCUT2D eigenvalue weighted by atomic mass is 10.0. The van der Waals surface area contributed by atoms with Crippen LogP contribution in [0.3, 0.4) is 0 Å². The first-order chi connectivity index (χ1) is 14.8. The monoisotopic (exact) mass is 466 g/mol. The van der Waals surface area contributed by atoms with E-state index in [4.69, 9.17) is 0 Å². The fraction of sp³-hybridized carbons (Fsp3) is 0.278. The molecule has 0 unspecified atom stereocenters. The SMILES string of the molecule is O=C(Cc1cccs1)N[C@@H]1C(=O)N2C(C(=O)O)=C(Cn3c(=O)[nH]cc(F)c3=O)CS[C@H]12.